The van der Waals surface area contributed by atoms with Crippen LogP contribution in [0.3, 0.4) is 0 Å². The van der Waals surface area contributed by atoms with Crippen LogP contribution in [-0.2, 0) is 13.6 Å². The Bertz CT molecular complexity index is 388. The molecule has 2 rings (SSSR count). The lowest BCUT2D eigenvalue weighted by Gasteiger charge is -2.25. The standard InChI is InChI=1S/C12H23N5S.2ClH/c1-14-7-11-15-16-12(17(11)2)18-8-9-4-3-5-10(13)6-9;;/h9-10,14H,3-8,13H2,1-2H3;2*1H/t9-,10+;;/m1../s1. The molecular weight excluding hydrogens is 317 g/mol. The third kappa shape index (κ3) is 5.41. The Morgan fingerprint density at radius 2 is 2.10 bits per heavy atom. The van der Waals surface area contributed by atoms with Gasteiger partial charge in [0.1, 0.15) is 5.82 Å². The van der Waals surface area contributed by atoms with E-state index in [1.165, 1.54) is 19.3 Å². The first-order valence-electron chi connectivity index (χ1n) is 6.62. The summed E-state index contributed by atoms with van der Waals surface area (Å²) in [5.41, 5.74) is 6.02. The SMILES string of the molecule is CNCc1nnc(SC[C@@H]2CCC[C@H](N)C2)n1C.Cl.Cl. The van der Waals surface area contributed by atoms with Gasteiger partial charge in [-0.05, 0) is 32.2 Å². The number of halogens is 2. The van der Waals surface area contributed by atoms with E-state index in [1.54, 1.807) is 0 Å². The monoisotopic (exact) mass is 341 g/mol. The number of hydrogen-bond acceptors (Lipinski definition) is 5. The number of hydrogen-bond donors (Lipinski definition) is 2. The zero-order chi connectivity index (χ0) is 13.0. The molecule has 0 unspecified atom stereocenters. The van der Waals surface area contributed by atoms with E-state index >= 15 is 0 Å². The molecule has 1 aromatic rings. The molecule has 0 aliphatic heterocycles. The Morgan fingerprint density at radius 1 is 1.35 bits per heavy atom. The predicted octanol–water partition coefficient (Wildman–Crippen LogP) is 1.99. The van der Waals surface area contributed by atoms with E-state index in [0.717, 1.165) is 35.6 Å². The second kappa shape index (κ2) is 9.84. The largest absolute Gasteiger partial charge is 0.328 e. The number of aromatic nitrogens is 3. The predicted molar refractivity (Wildman–Crippen MR) is 88.9 cm³/mol. The number of thioether (sulfide) groups is 1. The Balaban J connectivity index is 0.00000180. The van der Waals surface area contributed by atoms with Gasteiger partial charge < -0.3 is 15.6 Å². The van der Waals surface area contributed by atoms with E-state index in [2.05, 4.69) is 20.1 Å². The third-order valence-electron chi connectivity index (χ3n) is 3.53. The van der Waals surface area contributed by atoms with Gasteiger partial charge in [0.2, 0.25) is 0 Å². The van der Waals surface area contributed by atoms with E-state index in [1.807, 2.05) is 25.9 Å². The fourth-order valence-corrected chi connectivity index (χ4v) is 3.54. The van der Waals surface area contributed by atoms with Crippen molar-refractivity contribution in [1.29, 1.82) is 0 Å². The lowest BCUT2D eigenvalue weighted by atomic mass is 9.87. The van der Waals surface area contributed by atoms with Gasteiger partial charge in [0.25, 0.3) is 0 Å². The van der Waals surface area contributed by atoms with Gasteiger partial charge >= 0.3 is 0 Å². The van der Waals surface area contributed by atoms with E-state index in [-0.39, 0.29) is 24.8 Å². The summed E-state index contributed by atoms with van der Waals surface area (Å²) in [6.07, 6.45) is 4.93. The molecule has 0 amide bonds. The highest BCUT2D eigenvalue weighted by molar-refractivity contribution is 7.99. The van der Waals surface area contributed by atoms with Gasteiger partial charge in [0, 0.05) is 18.8 Å². The van der Waals surface area contributed by atoms with E-state index < -0.39 is 0 Å². The van der Waals surface area contributed by atoms with Gasteiger partial charge in [-0.15, -0.1) is 35.0 Å². The maximum Gasteiger partial charge on any atom is 0.190 e. The van der Waals surface area contributed by atoms with Gasteiger partial charge in [-0.1, -0.05) is 18.2 Å². The Kier molecular flexibility index (Phi) is 9.84. The van der Waals surface area contributed by atoms with E-state index in [0.29, 0.717) is 6.04 Å². The molecule has 1 aromatic heterocycles. The van der Waals surface area contributed by atoms with Crippen LogP contribution in [0.15, 0.2) is 5.16 Å². The van der Waals surface area contributed by atoms with Crippen LogP contribution in [0.4, 0.5) is 0 Å². The van der Waals surface area contributed by atoms with Crippen LogP contribution in [-0.4, -0.2) is 33.6 Å². The zero-order valence-corrected chi connectivity index (χ0v) is 14.5. The Labute approximate surface area is 137 Å². The molecule has 0 aromatic carbocycles. The lowest BCUT2D eigenvalue weighted by Crippen LogP contribution is -2.28. The highest BCUT2D eigenvalue weighted by Crippen LogP contribution is 2.28. The van der Waals surface area contributed by atoms with E-state index in [9.17, 15) is 0 Å². The molecule has 8 heteroatoms. The maximum atomic E-state index is 6.02. The van der Waals surface area contributed by atoms with Crippen molar-refractivity contribution in [2.45, 2.75) is 43.4 Å². The number of nitrogens with one attached hydrogen (secondary N) is 1. The van der Waals surface area contributed by atoms with Gasteiger partial charge in [0.05, 0.1) is 6.54 Å². The minimum absolute atomic E-state index is 0. The normalized spacial score (nSPS) is 21.9. The van der Waals surface area contributed by atoms with Crippen LogP contribution in [0.5, 0.6) is 0 Å². The number of nitrogens with two attached hydrogens (primary N) is 1. The Hall–Kier alpha value is -0.0100. The van der Waals surface area contributed by atoms with Crippen LogP contribution in [0.25, 0.3) is 0 Å². The molecule has 118 valence electrons. The first kappa shape index (κ1) is 20.0. The molecule has 1 heterocycles. The summed E-state index contributed by atoms with van der Waals surface area (Å²) in [6.45, 7) is 0.762. The molecule has 5 nitrogen and oxygen atoms in total. The third-order valence-corrected chi connectivity index (χ3v) is 4.78. The van der Waals surface area contributed by atoms with Gasteiger partial charge in [-0.3, -0.25) is 0 Å². The molecule has 0 saturated heterocycles. The molecule has 1 aliphatic rings. The van der Waals surface area contributed by atoms with Crippen molar-refractivity contribution in [1.82, 2.24) is 20.1 Å². The van der Waals surface area contributed by atoms with Crippen molar-refractivity contribution in [2.24, 2.45) is 18.7 Å². The molecule has 1 aliphatic carbocycles. The summed E-state index contributed by atoms with van der Waals surface area (Å²) < 4.78 is 2.07. The summed E-state index contributed by atoms with van der Waals surface area (Å²) in [6, 6.07) is 0.406. The van der Waals surface area contributed by atoms with Gasteiger partial charge in [0.15, 0.2) is 5.16 Å². The summed E-state index contributed by atoms with van der Waals surface area (Å²) >= 11 is 1.81. The van der Waals surface area contributed by atoms with Crippen molar-refractivity contribution in [2.75, 3.05) is 12.8 Å². The first-order valence-corrected chi connectivity index (χ1v) is 7.60. The highest BCUT2D eigenvalue weighted by Gasteiger charge is 2.20. The van der Waals surface area contributed by atoms with Crippen LogP contribution in [0, 0.1) is 5.92 Å². The summed E-state index contributed by atoms with van der Waals surface area (Å²) in [5.74, 6) is 2.84. The van der Waals surface area contributed by atoms with Crippen LogP contribution in [0.2, 0.25) is 0 Å². The second-order valence-corrected chi connectivity index (χ2v) is 6.08. The van der Waals surface area contributed by atoms with Gasteiger partial charge in [-0.25, -0.2) is 0 Å². The smallest absolute Gasteiger partial charge is 0.190 e. The number of nitrogens with zero attached hydrogens (tertiary/aromatic N) is 3. The van der Waals surface area contributed by atoms with Crippen LogP contribution >= 0.6 is 36.6 Å². The topological polar surface area (TPSA) is 68.8 Å². The summed E-state index contributed by atoms with van der Waals surface area (Å²) in [7, 11) is 3.95. The highest BCUT2D eigenvalue weighted by atomic mass is 35.5. The van der Waals surface area contributed by atoms with Crippen molar-refractivity contribution in [3.05, 3.63) is 5.82 Å². The lowest BCUT2D eigenvalue weighted by molar-refractivity contribution is 0.349. The molecule has 3 N–H and O–H groups in total. The molecular formula is C12H25Cl2N5S. The average molecular weight is 342 g/mol. The summed E-state index contributed by atoms with van der Waals surface area (Å²) in [5, 5.41) is 12.5. The number of rotatable bonds is 5. The van der Waals surface area contributed by atoms with Crippen molar-refractivity contribution >= 4 is 36.6 Å². The molecule has 20 heavy (non-hydrogen) atoms. The van der Waals surface area contributed by atoms with E-state index in [4.69, 9.17) is 5.73 Å². The molecule has 1 saturated carbocycles. The Morgan fingerprint density at radius 3 is 2.75 bits per heavy atom. The fraction of sp³-hybridized carbons (Fsp3) is 0.833. The quantitative estimate of drug-likeness (QED) is 0.801. The molecule has 0 bridgehead atoms. The zero-order valence-electron chi connectivity index (χ0n) is 12.0. The minimum Gasteiger partial charge on any atom is -0.328 e. The van der Waals surface area contributed by atoms with Crippen molar-refractivity contribution < 1.29 is 0 Å². The summed E-state index contributed by atoms with van der Waals surface area (Å²) in [4.78, 5) is 0. The average Bonchev–Trinajstić information content (AvgIpc) is 2.69. The van der Waals surface area contributed by atoms with Crippen LogP contribution < -0.4 is 11.1 Å². The van der Waals surface area contributed by atoms with Crippen LogP contribution in [0.1, 0.15) is 31.5 Å². The second-order valence-electron chi connectivity index (χ2n) is 5.09. The first-order chi connectivity index (χ1) is 8.70. The molecule has 1 fully saturated rings. The van der Waals surface area contributed by atoms with Gasteiger partial charge in [-0.2, -0.15) is 0 Å². The van der Waals surface area contributed by atoms with Crippen molar-refractivity contribution in [3.8, 4) is 0 Å². The molecule has 0 spiro atoms. The fourth-order valence-electron chi connectivity index (χ4n) is 2.46. The van der Waals surface area contributed by atoms with Crippen molar-refractivity contribution in [3.63, 3.8) is 0 Å². The maximum absolute atomic E-state index is 6.02. The molecule has 2 atom stereocenters. The minimum atomic E-state index is 0. The molecule has 0 radical (unpaired) electrons.